The number of rotatable bonds is 1. The van der Waals surface area contributed by atoms with Gasteiger partial charge in [-0.2, -0.15) is 0 Å². The highest BCUT2D eigenvalue weighted by molar-refractivity contribution is 6.05. The highest BCUT2D eigenvalue weighted by Gasteiger charge is 2.43. The van der Waals surface area contributed by atoms with Gasteiger partial charge in [-0.3, -0.25) is 9.79 Å². The molecule has 0 aromatic rings. The van der Waals surface area contributed by atoms with E-state index in [0.717, 1.165) is 25.1 Å². The van der Waals surface area contributed by atoms with Crippen molar-refractivity contribution in [3.8, 4) is 0 Å². The van der Waals surface area contributed by atoms with Gasteiger partial charge in [-0.05, 0) is 39.5 Å². The largest absolute Gasteiger partial charge is 0.459 e. The van der Waals surface area contributed by atoms with Crippen molar-refractivity contribution in [2.75, 3.05) is 6.54 Å². The Balaban J connectivity index is 2.04. The number of nitrogens with zero attached hydrogens (tertiary/aromatic N) is 1. The third-order valence-electron chi connectivity index (χ3n) is 2.79. The summed E-state index contributed by atoms with van der Waals surface area (Å²) in [4.78, 5) is 16.2. The molecule has 0 aromatic heterocycles. The molecule has 0 radical (unpaired) electrons. The number of fused-ring (bicyclic) bond motifs is 2. The van der Waals surface area contributed by atoms with Crippen molar-refractivity contribution in [2.24, 2.45) is 16.8 Å². The Labute approximate surface area is 84.5 Å². The first kappa shape index (κ1) is 9.69. The van der Waals surface area contributed by atoms with Crippen molar-refractivity contribution in [2.45, 2.75) is 39.2 Å². The van der Waals surface area contributed by atoms with Gasteiger partial charge in [-0.25, -0.2) is 0 Å². The predicted octanol–water partition coefficient (Wildman–Crippen LogP) is 1.81. The number of aliphatic imine (C=N–C) groups is 1. The molecular weight excluding hydrogens is 178 g/mol. The summed E-state index contributed by atoms with van der Waals surface area (Å²) in [6, 6.07) is 0. The van der Waals surface area contributed by atoms with Crippen LogP contribution in [0.3, 0.4) is 0 Å². The highest BCUT2D eigenvalue weighted by Crippen LogP contribution is 2.36. The third-order valence-corrected chi connectivity index (χ3v) is 2.79. The van der Waals surface area contributed by atoms with E-state index in [1.807, 2.05) is 20.8 Å². The van der Waals surface area contributed by atoms with Crippen LogP contribution in [0.2, 0.25) is 0 Å². The van der Waals surface area contributed by atoms with Crippen LogP contribution in [0.1, 0.15) is 33.6 Å². The number of hydrogen-bond donors (Lipinski definition) is 0. The van der Waals surface area contributed by atoms with Gasteiger partial charge in [-0.1, -0.05) is 0 Å². The van der Waals surface area contributed by atoms with E-state index in [9.17, 15) is 4.79 Å². The maximum atomic E-state index is 11.8. The quantitative estimate of drug-likeness (QED) is 0.598. The Kier molecular flexibility index (Phi) is 2.13. The average molecular weight is 195 g/mol. The van der Waals surface area contributed by atoms with Gasteiger partial charge in [0.2, 0.25) is 0 Å². The first-order valence-electron chi connectivity index (χ1n) is 5.23. The molecule has 0 amide bonds. The second-order valence-corrected chi connectivity index (χ2v) is 5.14. The normalized spacial score (nSPS) is 30.4. The van der Waals surface area contributed by atoms with Gasteiger partial charge in [0, 0.05) is 12.3 Å². The number of hydrogen-bond acceptors (Lipinski definition) is 3. The fourth-order valence-electron chi connectivity index (χ4n) is 2.23. The highest BCUT2D eigenvalue weighted by atomic mass is 16.6. The second-order valence-electron chi connectivity index (χ2n) is 5.14. The van der Waals surface area contributed by atoms with Crippen molar-refractivity contribution in [1.29, 1.82) is 0 Å². The van der Waals surface area contributed by atoms with Crippen LogP contribution in [-0.2, 0) is 9.53 Å². The van der Waals surface area contributed by atoms with E-state index in [1.165, 1.54) is 0 Å². The van der Waals surface area contributed by atoms with Crippen LogP contribution < -0.4 is 0 Å². The summed E-state index contributed by atoms with van der Waals surface area (Å²) in [5.41, 5.74) is 0.698. The maximum Gasteiger partial charge on any atom is 0.315 e. The summed E-state index contributed by atoms with van der Waals surface area (Å²) in [6.07, 6.45) is 2.11. The standard InChI is InChI=1S/C11H17NO2/c1-11(2,3)14-10(13)9-7-4-5-8(9)12-6-7/h7,9H,4-6H2,1-3H3. The van der Waals surface area contributed by atoms with Crippen molar-refractivity contribution >= 4 is 11.7 Å². The average Bonchev–Trinajstić information content (AvgIpc) is 2.57. The lowest BCUT2D eigenvalue weighted by molar-refractivity contribution is -0.158. The van der Waals surface area contributed by atoms with Crippen LogP contribution in [0, 0.1) is 11.8 Å². The second kappa shape index (κ2) is 3.07. The Morgan fingerprint density at radius 1 is 1.50 bits per heavy atom. The summed E-state index contributed by atoms with van der Waals surface area (Å²) in [7, 11) is 0. The van der Waals surface area contributed by atoms with Crippen LogP contribution in [0.15, 0.2) is 4.99 Å². The van der Waals surface area contributed by atoms with Crippen LogP contribution >= 0.6 is 0 Å². The first-order chi connectivity index (χ1) is 6.47. The van der Waals surface area contributed by atoms with Crippen molar-refractivity contribution in [3.63, 3.8) is 0 Å². The van der Waals surface area contributed by atoms with Crippen LogP contribution in [0.5, 0.6) is 0 Å². The number of carbonyl (C=O) groups is 1. The zero-order valence-corrected chi connectivity index (χ0v) is 9.04. The Morgan fingerprint density at radius 2 is 2.21 bits per heavy atom. The fourth-order valence-corrected chi connectivity index (χ4v) is 2.23. The van der Waals surface area contributed by atoms with Gasteiger partial charge < -0.3 is 4.74 Å². The molecule has 1 heterocycles. The van der Waals surface area contributed by atoms with Gasteiger partial charge in [0.05, 0.1) is 5.92 Å². The van der Waals surface area contributed by atoms with Gasteiger partial charge in [0.15, 0.2) is 0 Å². The van der Waals surface area contributed by atoms with Gasteiger partial charge in [-0.15, -0.1) is 0 Å². The zero-order chi connectivity index (χ0) is 10.3. The van der Waals surface area contributed by atoms with E-state index in [4.69, 9.17) is 4.74 Å². The third kappa shape index (κ3) is 1.68. The Bertz CT molecular complexity index is 288. The van der Waals surface area contributed by atoms with E-state index in [-0.39, 0.29) is 17.5 Å². The minimum absolute atomic E-state index is 0.0192. The molecule has 3 heteroatoms. The molecule has 2 bridgehead atoms. The molecule has 3 nitrogen and oxygen atoms in total. The van der Waals surface area contributed by atoms with Crippen LogP contribution in [-0.4, -0.2) is 23.8 Å². The van der Waals surface area contributed by atoms with E-state index < -0.39 is 0 Å². The zero-order valence-electron chi connectivity index (χ0n) is 9.04. The molecule has 2 atom stereocenters. The van der Waals surface area contributed by atoms with E-state index in [2.05, 4.69) is 4.99 Å². The summed E-state index contributed by atoms with van der Waals surface area (Å²) in [5, 5.41) is 0. The Morgan fingerprint density at radius 3 is 2.57 bits per heavy atom. The molecular formula is C11H17NO2. The molecule has 1 aliphatic carbocycles. The van der Waals surface area contributed by atoms with Crippen molar-refractivity contribution in [3.05, 3.63) is 0 Å². The van der Waals surface area contributed by atoms with Gasteiger partial charge in [0.25, 0.3) is 0 Å². The van der Waals surface area contributed by atoms with E-state index >= 15 is 0 Å². The van der Waals surface area contributed by atoms with E-state index in [1.54, 1.807) is 0 Å². The van der Waals surface area contributed by atoms with Crippen LogP contribution in [0.25, 0.3) is 0 Å². The molecule has 1 fully saturated rings. The predicted molar refractivity (Wildman–Crippen MR) is 54.4 cm³/mol. The summed E-state index contributed by atoms with van der Waals surface area (Å²) in [6.45, 7) is 6.55. The maximum absolute atomic E-state index is 11.8. The lowest BCUT2D eigenvalue weighted by Gasteiger charge is -2.22. The van der Waals surface area contributed by atoms with Crippen molar-refractivity contribution in [1.82, 2.24) is 0 Å². The molecule has 2 rings (SSSR count). The molecule has 1 aliphatic heterocycles. The minimum Gasteiger partial charge on any atom is -0.459 e. The topological polar surface area (TPSA) is 38.7 Å². The van der Waals surface area contributed by atoms with Gasteiger partial charge in [0.1, 0.15) is 5.60 Å². The van der Waals surface area contributed by atoms with Crippen LogP contribution in [0.4, 0.5) is 0 Å². The summed E-state index contributed by atoms with van der Waals surface area (Å²) >= 11 is 0. The molecule has 0 N–H and O–H groups in total. The Hall–Kier alpha value is -0.860. The number of esters is 1. The lowest BCUT2D eigenvalue weighted by Crippen LogP contribution is -2.31. The summed E-state index contributed by atoms with van der Waals surface area (Å²) in [5.74, 6) is 0.338. The smallest absolute Gasteiger partial charge is 0.315 e. The number of carbonyl (C=O) groups excluding carboxylic acids is 1. The van der Waals surface area contributed by atoms with Crippen molar-refractivity contribution < 1.29 is 9.53 Å². The SMILES string of the molecule is CC(C)(C)OC(=O)C1C2=NCC1CC2. The summed E-state index contributed by atoms with van der Waals surface area (Å²) < 4.78 is 5.38. The molecule has 2 unspecified atom stereocenters. The molecule has 0 spiro atoms. The molecule has 0 aromatic carbocycles. The lowest BCUT2D eigenvalue weighted by atomic mass is 9.98. The monoisotopic (exact) mass is 195 g/mol. The molecule has 1 saturated carbocycles. The molecule has 2 aliphatic rings. The first-order valence-corrected chi connectivity index (χ1v) is 5.23. The molecule has 78 valence electrons. The minimum atomic E-state index is -0.375. The fraction of sp³-hybridized carbons (Fsp3) is 0.818. The van der Waals surface area contributed by atoms with Gasteiger partial charge >= 0.3 is 5.97 Å². The number of ether oxygens (including phenoxy) is 1. The molecule has 0 saturated heterocycles. The van der Waals surface area contributed by atoms with E-state index in [0.29, 0.717) is 5.92 Å². The molecule has 14 heavy (non-hydrogen) atoms.